The average molecular weight is 413 g/mol. The van der Waals surface area contributed by atoms with E-state index < -0.39 is 15.9 Å². The molecule has 3 aliphatic heterocycles. The Kier molecular flexibility index (Phi) is 5.26. The van der Waals surface area contributed by atoms with Gasteiger partial charge in [0.2, 0.25) is 0 Å². The third-order valence-electron chi connectivity index (χ3n) is 5.14. The van der Waals surface area contributed by atoms with Crippen LogP contribution in [0.25, 0.3) is 0 Å². The van der Waals surface area contributed by atoms with Crippen molar-refractivity contribution in [2.45, 2.75) is 36.7 Å². The molecule has 3 aliphatic rings. The van der Waals surface area contributed by atoms with Crippen LogP contribution in [-0.2, 0) is 25.8 Å². The molecule has 146 valence electrons. The maximum Gasteiger partial charge on any atom is 0.277 e. The maximum absolute atomic E-state index is 13.1. The molecule has 0 radical (unpaired) electrons. The van der Waals surface area contributed by atoms with Gasteiger partial charge < -0.3 is 9.64 Å². The number of amides is 1. The standard InChI is InChI=1S/C18H21FN2O4S2/c19-13-5-3-12(4-6-13)7-8-21-14-10-27(23,24)11-16(14)26-18(21)20-17(22)15-2-1-9-25-15/h3-6,14-16H,1-2,7-11H2/t14-,15-,16-/m1/s1. The van der Waals surface area contributed by atoms with E-state index in [1.807, 2.05) is 4.90 Å². The minimum absolute atomic E-state index is 0.0845. The van der Waals surface area contributed by atoms with Crippen LogP contribution in [0, 0.1) is 5.82 Å². The molecule has 0 unspecified atom stereocenters. The molecule has 9 heteroatoms. The first-order valence-corrected chi connectivity index (χ1v) is 11.7. The minimum Gasteiger partial charge on any atom is -0.368 e. The van der Waals surface area contributed by atoms with E-state index in [4.69, 9.17) is 4.74 Å². The third-order valence-corrected chi connectivity index (χ3v) is 8.39. The SMILES string of the molecule is O=C(N=C1S[C@@H]2CS(=O)(=O)C[C@H]2N1CCc1ccc(F)cc1)[C@H]1CCCO1. The van der Waals surface area contributed by atoms with Crippen molar-refractivity contribution in [3.8, 4) is 0 Å². The molecule has 6 nitrogen and oxygen atoms in total. The number of rotatable bonds is 4. The normalized spacial score (nSPS) is 30.8. The molecule has 0 aliphatic carbocycles. The van der Waals surface area contributed by atoms with Gasteiger partial charge in [-0.3, -0.25) is 4.79 Å². The number of carbonyl (C=O) groups excluding carboxylic acids is 1. The van der Waals surface area contributed by atoms with Gasteiger partial charge >= 0.3 is 0 Å². The molecule has 3 saturated heterocycles. The zero-order chi connectivity index (χ0) is 19.0. The highest BCUT2D eigenvalue weighted by atomic mass is 32.2. The summed E-state index contributed by atoms with van der Waals surface area (Å²) >= 11 is 1.38. The fraction of sp³-hybridized carbons (Fsp3) is 0.556. The molecule has 3 atom stereocenters. The van der Waals surface area contributed by atoms with Crippen LogP contribution in [0.15, 0.2) is 29.3 Å². The summed E-state index contributed by atoms with van der Waals surface area (Å²) in [5, 5.41) is 0.488. The Balaban J connectivity index is 1.52. The first-order valence-electron chi connectivity index (χ1n) is 9.03. The molecule has 1 aromatic rings. The molecule has 0 aromatic heterocycles. The van der Waals surface area contributed by atoms with Gasteiger partial charge in [-0.15, -0.1) is 0 Å². The van der Waals surface area contributed by atoms with Crippen molar-refractivity contribution in [1.82, 2.24) is 4.90 Å². The Morgan fingerprint density at radius 3 is 2.78 bits per heavy atom. The molecule has 3 heterocycles. The van der Waals surface area contributed by atoms with Crippen LogP contribution in [0.5, 0.6) is 0 Å². The van der Waals surface area contributed by atoms with Gasteiger partial charge in [0.15, 0.2) is 15.0 Å². The summed E-state index contributed by atoms with van der Waals surface area (Å²) < 4.78 is 42.6. The summed E-state index contributed by atoms with van der Waals surface area (Å²) in [6, 6.07) is 6.09. The third kappa shape index (κ3) is 4.20. The van der Waals surface area contributed by atoms with Gasteiger partial charge in [0.25, 0.3) is 5.91 Å². The minimum atomic E-state index is -3.07. The van der Waals surface area contributed by atoms with E-state index in [-0.39, 0.29) is 34.5 Å². The monoisotopic (exact) mass is 412 g/mol. The van der Waals surface area contributed by atoms with Gasteiger partial charge in [-0.2, -0.15) is 4.99 Å². The summed E-state index contributed by atoms with van der Waals surface area (Å²) in [5.74, 6) is -0.379. The first kappa shape index (κ1) is 18.9. The van der Waals surface area contributed by atoms with E-state index in [1.54, 1.807) is 12.1 Å². The van der Waals surface area contributed by atoms with Crippen molar-refractivity contribution in [2.24, 2.45) is 4.99 Å². The highest BCUT2D eigenvalue weighted by Crippen LogP contribution is 2.38. The number of ether oxygens (including phenoxy) is 1. The zero-order valence-corrected chi connectivity index (χ0v) is 16.3. The highest BCUT2D eigenvalue weighted by molar-refractivity contribution is 8.15. The second-order valence-corrected chi connectivity index (χ2v) is 10.5. The van der Waals surface area contributed by atoms with Crippen LogP contribution in [0.1, 0.15) is 18.4 Å². The van der Waals surface area contributed by atoms with Gasteiger partial charge in [-0.25, -0.2) is 12.8 Å². The number of aliphatic imine (C=N–C) groups is 1. The maximum atomic E-state index is 13.1. The number of sulfone groups is 1. The Labute approximate surface area is 162 Å². The predicted octanol–water partition coefficient (Wildman–Crippen LogP) is 1.64. The Morgan fingerprint density at radius 2 is 2.07 bits per heavy atom. The summed E-state index contributed by atoms with van der Waals surface area (Å²) in [4.78, 5) is 18.6. The molecule has 0 spiro atoms. The molecule has 0 bridgehead atoms. The molecule has 27 heavy (non-hydrogen) atoms. The number of thioether (sulfide) groups is 1. The van der Waals surface area contributed by atoms with Gasteiger partial charge in [0.1, 0.15) is 11.9 Å². The van der Waals surface area contributed by atoms with E-state index >= 15 is 0 Å². The smallest absolute Gasteiger partial charge is 0.277 e. The molecule has 0 saturated carbocycles. The second kappa shape index (κ2) is 7.52. The predicted molar refractivity (Wildman–Crippen MR) is 102 cm³/mol. The highest BCUT2D eigenvalue weighted by Gasteiger charge is 2.48. The van der Waals surface area contributed by atoms with Crippen molar-refractivity contribution in [3.63, 3.8) is 0 Å². The van der Waals surface area contributed by atoms with Gasteiger partial charge in [0, 0.05) is 18.4 Å². The number of hydrogen-bond acceptors (Lipinski definition) is 5. The van der Waals surface area contributed by atoms with E-state index in [0.29, 0.717) is 31.2 Å². The van der Waals surface area contributed by atoms with E-state index in [2.05, 4.69) is 4.99 Å². The quantitative estimate of drug-likeness (QED) is 0.749. The van der Waals surface area contributed by atoms with E-state index in [1.165, 1.54) is 23.9 Å². The van der Waals surface area contributed by atoms with Gasteiger partial charge in [-0.1, -0.05) is 23.9 Å². The van der Waals surface area contributed by atoms with Crippen LogP contribution < -0.4 is 0 Å². The molecule has 3 fully saturated rings. The van der Waals surface area contributed by atoms with Crippen LogP contribution in [-0.4, -0.2) is 66.4 Å². The fourth-order valence-corrected chi connectivity index (χ4v) is 7.72. The lowest BCUT2D eigenvalue weighted by atomic mass is 10.1. The molecule has 0 N–H and O–H groups in total. The Hall–Kier alpha value is -1.45. The lowest BCUT2D eigenvalue weighted by Crippen LogP contribution is -2.39. The Morgan fingerprint density at radius 1 is 1.30 bits per heavy atom. The number of carbonyl (C=O) groups is 1. The number of nitrogens with zero attached hydrogens (tertiary/aromatic N) is 2. The van der Waals surface area contributed by atoms with Gasteiger partial charge in [0.05, 0.1) is 17.5 Å². The summed E-state index contributed by atoms with van der Waals surface area (Å²) in [7, 11) is -3.07. The molecular weight excluding hydrogens is 391 g/mol. The fourth-order valence-electron chi connectivity index (χ4n) is 3.74. The number of fused-ring (bicyclic) bond motifs is 1. The van der Waals surface area contributed by atoms with Crippen molar-refractivity contribution in [2.75, 3.05) is 24.7 Å². The van der Waals surface area contributed by atoms with Crippen molar-refractivity contribution in [1.29, 1.82) is 0 Å². The number of halogens is 1. The van der Waals surface area contributed by atoms with Crippen molar-refractivity contribution in [3.05, 3.63) is 35.6 Å². The van der Waals surface area contributed by atoms with Crippen LogP contribution >= 0.6 is 11.8 Å². The number of hydrogen-bond donors (Lipinski definition) is 0. The Bertz CT molecular complexity index is 851. The van der Waals surface area contributed by atoms with Crippen LogP contribution in [0.2, 0.25) is 0 Å². The average Bonchev–Trinajstić information content (AvgIpc) is 3.30. The topological polar surface area (TPSA) is 76.0 Å². The van der Waals surface area contributed by atoms with Crippen LogP contribution in [0.3, 0.4) is 0 Å². The van der Waals surface area contributed by atoms with E-state index in [0.717, 1.165) is 12.0 Å². The zero-order valence-electron chi connectivity index (χ0n) is 14.7. The molecule has 1 amide bonds. The first-order chi connectivity index (χ1) is 12.9. The summed E-state index contributed by atoms with van der Waals surface area (Å²) in [6.45, 7) is 1.11. The summed E-state index contributed by atoms with van der Waals surface area (Å²) in [6.07, 6.45) is 1.67. The van der Waals surface area contributed by atoms with Crippen molar-refractivity contribution < 1.29 is 22.3 Å². The second-order valence-electron chi connectivity index (χ2n) is 7.10. The molecule has 1 aromatic carbocycles. The van der Waals surface area contributed by atoms with Crippen LogP contribution in [0.4, 0.5) is 4.39 Å². The largest absolute Gasteiger partial charge is 0.368 e. The lowest BCUT2D eigenvalue weighted by molar-refractivity contribution is -0.126. The molecule has 4 rings (SSSR count). The van der Waals surface area contributed by atoms with Crippen molar-refractivity contribution >= 4 is 32.7 Å². The number of amidine groups is 1. The van der Waals surface area contributed by atoms with E-state index in [9.17, 15) is 17.6 Å². The number of benzene rings is 1. The lowest BCUT2D eigenvalue weighted by Gasteiger charge is -2.24. The van der Waals surface area contributed by atoms with Gasteiger partial charge in [-0.05, 0) is 37.0 Å². The molecular formula is C18H21FN2O4S2. The summed E-state index contributed by atoms with van der Waals surface area (Å²) in [5.41, 5.74) is 0.954.